The summed E-state index contributed by atoms with van der Waals surface area (Å²) in [5.74, 6) is 0. The van der Waals surface area contributed by atoms with Crippen LogP contribution >= 0.6 is 0 Å². The lowest BCUT2D eigenvalue weighted by atomic mass is 10.3. The molecule has 0 spiro atoms. The first-order valence-electron chi connectivity index (χ1n) is 2.58. The monoisotopic (exact) mass is 151 g/mol. The van der Waals surface area contributed by atoms with Crippen molar-refractivity contribution < 1.29 is 13.2 Å². The first kappa shape index (κ1) is 9.07. The lowest BCUT2D eigenvalue weighted by molar-refractivity contribution is -0.0878. The van der Waals surface area contributed by atoms with Crippen molar-refractivity contribution in [3.8, 4) is 0 Å². The van der Waals surface area contributed by atoms with E-state index >= 15 is 0 Å². The van der Waals surface area contributed by atoms with Gasteiger partial charge in [-0.25, -0.2) is 0 Å². The second-order valence-corrected chi connectivity index (χ2v) is 1.65. The number of allylic oxidation sites excluding steroid dienone is 2. The van der Waals surface area contributed by atoms with Crippen LogP contribution in [0, 0.1) is 0 Å². The van der Waals surface area contributed by atoms with Crippen LogP contribution in [0.15, 0.2) is 24.4 Å². The van der Waals surface area contributed by atoms with E-state index in [-0.39, 0.29) is 0 Å². The van der Waals surface area contributed by atoms with E-state index in [1.165, 1.54) is 13.2 Å². The third-order valence-electron chi connectivity index (χ3n) is 0.815. The average molecular weight is 151 g/mol. The van der Waals surface area contributed by atoms with Gasteiger partial charge in [-0.3, -0.25) is 0 Å². The van der Waals surface area contributed by atoms with E-state index in [0.29, 0.717) is 0 Å². The highest BCUT2D eigenvalue weighted by molar-refractivity contribution is 5.18. The van der Waals surface area contributed by atoms with Crippen LogP contribution in [0.4, 0.5) is 13.2 Å². The van der Waals surface area contributed by atoms with E-state index in [9.17, 15) is 13.2 Å². The van der Waals surface area contributed by atoms with Crippen molar-refractivity contribution in [2.45, 2.75) is 6.18 Å². The summed E-state index contributed by atoms with van der Waals surface area (Å²) in [5, 5.41) is 2.43. The quantitative estimate of drug-likeness (QED) is 0.594. The van der Waals surface area contributed by atoms with Gasteiger partial charge in [0.25, 0.3) is 0 Å². The molecule has 0 aromatic carbocycles. The van der Waals surface area contributed by atoms with Gasteiger partial charge in [0.2, 0.25) is 0 Å². The Kier molecular flexibility index (Phi) is 2.99. The summed E-state index contributed by atoms with van der Waals surface area (Å²) in [6, 6.07) is 0. The summed E-state index contributed by atoms with van der Waals surface area (Å²) >= 11 is 0. The van der Waals surface area contributed by atoms with Gasteiger partial charge in [0, 0.05) is 12.6 Å². The standard InChI is InChI=1S/C6H8F3N/c1-5(3-4-10-2)6(7,8)9/h3-4,10H,1H2,2H3/b4-3-. The third-order valence-corrected chi connectivity index (χ3v) is 0.815. The molecule has 0 aliphatic carbocycles. The Morgan fingerprint density at radius 2 is 2.00 bits per heavy atom. The fraction of sp³-hybridized carbons (Fsp3) is 0.333. The molecule has 0 unspecified atom stereocenters. The summed E-state index contributed by atoms with van der Waals surface area (Å²) in [4.78, 5) is 0. The van der Waals surface area contributed by atoms with Crippen LogP contribution in [0.5, 0.6) is 0 Å². The van der Waals surface area contributed by atoms with Gasteiger partial charge in [0.15, 0.2) is 0 Å². The third kappa shape index (κ3) is 3.17. The molecule has 0 saturated heterocycles. The Balaban J connectivity index is 3.98. The maximum Gasteiger partial charge on any atom is 0.415 e. The van der Waals surface area contributed by atoms with E-state index in [0.717, 1.165) is 6.08 Å². The molecule has 0 rings (SSSR count). The Hall–Kier alpha value is -0.930. The molecule has 1 nitrogen and oxygen atoms in total. The van der Waals surface area contributed by atoms with E-state index in [1.807, 2.05) is 0 Å². The van der Waals surface area contributed by atoms with Crippen LogP contribution in [-0.2, 0) is 0 Å². The molecule has 0 aromatic rings. The molecule has 0 bridgehead atoms. The Labute approximate surface area is 57.2 Å². The zero-order valence-corrected chi connectivity index (χ0v) is 5.50. The van der Waals surface area contributed by atoms with Gasteiger partial charge in [-0.15, -0.1) is 0 Å². The molecular formula is C6H8F3N. The number of alkyl halides is 3. The zero-order chi connectivity index (χ0) is 8.20. The number of hydrogen-bond donors (Lipinski definition) is 1. The fourth-order valence-corrected chi connectivity index (χ4v) is 0.278. The van der Waals surface area contributed by atoms with Gasteiger partial charge in [-0.05, 0) is 12.3 Å². The molecule has 4 heteroatoms. The lowest BCUT2D eigenvalue weighted by Gasteiger charge is -2.03. The zero-order valence-electron chi connectivity index (χ0n) is 5.50. The van der Waals surface area contributed by atoms with Gasteiger partial charge in [-0.2, -0.15) is 13.2 Å². The smallest absolute Gasteiger partial charge is 0.394 e. The van der Waals surface area contributed by atoms with Crippen LogP contribution in [0.1, 0.15) is 0 Å². The van der Waals surface area contributed by atoms with Crippen LogP contribution in [0.3, 0.4) is 0 Å². The highest BCUT2D eigenvalue weighted by Gasteiger charge is 2.29. The van der Waals surface area contributed by atoms with Crippen molar-refractivity contribution in [3.05, 3.63) is 24.4 Å². The summed E-state index contributed by atoms with van der Waals surface area (Å²) in [5.41, 5.74) is -0.859. The van der Waals surface area contributed by atoms with Crippen molar-refractivity contribution >= 4 is 0 Å². The lowest BCUT2D eigenvalue weighted by Crippen LogP contribution is -2.09. The highest BCUT2D eigenvalue weighted by Crippen LogP contribution is 2.24. The van der Waals surface area contributed by atoms with Gasteiger partial charge >= 0.3 is 6.18 Å². The van der Waals surface area contributed by atoms with Crippen LogP contribution < -0.4 is 5.32 Å². The van der Waals surface area contributed by atoms with Gasteiger partial charge in [0.1, 0.15) is 0 Å². The minimum Gasteiger partial charge on any atom is -0.394 e. The number of halogens is 3. The molecule has 0 aromatic heterocycles. The Morgan fingerprint density at radius 1 is 1.50 bits per heavy atom. The SMILES string of the molecule is C=C(/C=C\NC)C(F)(F)F. The van der Waals surface area contributed by atoms with Gasteiger partial charge in [-0.1, -0.05) is 6.58 Å². The second-order valence-electron chi connectivity index (χ2n) is 1.65. The maximum atomic E-state index is 11.6. The molecule has 0 aliphatic rings. The van der Waals surface area contributed by atoms with E-state index < -0.39 is 11.7 Å². The molecule has 0 aliphatic heterocycles. The number of rotatable bonds is 2. The molecule has 1 N–H and O–H groups in total. The fourth-order valence-electron chi connectivity index (χ4n) is 0.278. The van der Waals surface area contributed by atoms with Gasteiger partial charge < -0.3 is 5.32 Å². The van der Waals surface area contributed by atoms with Crippen molar-refractivity contribution in [2.24, 2.45) is 0 Å². The summed E-state index contributed by atoms with van der Waals surface area (Å²) in [7, 11) is 1.51. The van der Waals surface area contributed by atoms with Crippen molar-refractivity contribution in [1.82, 2.24) is 5.32 Å². The highest BCUT2D eigenvalue weighted by atomic mass is 19.4. The maximum absolute atomic E-state index is 11.6. The first-order valence-corrected chi connectivity index (χ1v) is 2.58. The summed E-state index contributed by atoms with van der Waals surface area (Å²) in [6.07, 6.45) is -2.26. The minimum absolute atomic E-state index is 0.859. The molecule has 0 heterocycles. The molecule has 0 atom stereocenters. The van der Waals surface area contributed by atoms with E-state index in [4.69, 9.17) is 0 Å². The van der Waals surface area contributed by atoms with Crippen molar-refractivity contribution in [1.29, 1.82) is 0 Å². The normalized spacial score (nSPS) is 12.0. The predicted molar refractivity (Wildman–Crippen MR) is 33.4 cm³/mol. The molecule has 0 saturated carbocycles. The van der Waals surface area contributed by atoms with Crippen LogP contribution in [0.2, 0.25) is 0 Å². The van der Waals surface area contributed by atoms with E-state index in [1.54, 1.807) is 0 Å². The molecular weight excluding hydrogens is 143 g/mol. The average Bonchev–Trinajstić information content (AvgIpc) is 1.80. The molecule has 0 amide bonds. The van der Waals surface area contributed by atoms with Crippen molar-refractivity contribution in [2.75, 3.05) is 7.05 Å². The molecule has 0 fully saturated rings. The minimum atomic E-state index is -4.31. The number of hydrogen-bond acceptors (Lipinski definition) is 1. The van der Waals surface area contributed by atoms with Crippen LogP contribution in [0.25, 0.3) is 0 Å². The second kappa shape index (κ2) is 3.29. The molecule has 58 valence electrons. The van der Waals surface area contributed by atoms with Gasteiger partial charge in [0.05, 0.1) is 0 Å². The van der Waals surface area contributed by atoms with E-state index in [2.05, 4.69) is 11.9 Å². The van der Waals surface area contributed by atoms with Crippen LogP contribution in [-0.4, -0.2) is 13.2 Å². The Bertz CT molecular complexity index is 146. The number of nitrogens with one attached hydrogen (secondary N) is 1. The summed E-state index contributed by atoms with van der Waals surface area (Å²) < 4.78 is 34.8. The molecule has 10 heavy (non-hydrogen) atoms. The first-order chi connectivity index (χ1) is 4.48. The van der Waals surface area contributed by atoms with Crippen molar-refractivity contribution in [3.63, 3.8) is 0 Å². The largest absolute Gasteiger partial charge is 0.415 e. The topological polar surface area (TPSA) is 12.0 Å². The summed E-state index contributed by atoms with van der Waals surface area (Å²) in [6.45, 7) is 2.81. The Morgan fingerprint density at radius 3 is 2.30 bits per heavy atom. The predicted octanol–water partition coefficient (Wildman–Crippen LogP) is 1.84. The molecule has 0 radical (unpaired) electrons.